The summed E-state index contributed by atoms with van der Waals surface area (Å²) in [4.78, 5) is 8.90. The van der Waals surface area contributed by atoms with Gasteiger partial charge in [0.05, 0.1) is 20.5 Å². The maximum absolute atomic E-state index is 13.3. The van der Waals surface area contributed by atoms with Crippen molar-refractivity contribution >= 4 is 38.4 Å². The molecule has 1 saturated heterocycles. The van der Waals surface area contributed by atoms with E-state index in [0.717, 1.165) is 26.1 Å². The summed E-state index contributed by atoms with van der Waals surface area (Å²) < 4.78 is 28.1. The maximum atomic E-state index is 13.3. The first kappa shape index (κ1) is 19.6. The Morgan fingerprint density at radius 1 is 1.04 bits per heavy atom. The van der Waals surface area contributed by atoms with Crippen LogP contribution in [0, 0.1) is 20.8 Å². The van der Waals surface area contributed by atoms with Gasteiger partial charge in [-0.1, -0.05) is 12.1 Å². The SMILES string of the molecule is Cc1cccc(N2CCN(S(=O)(=O)c3cc(-c4csc(C)n4)sc3C)CC2)c1. The van der Waals surface area contributed by atoms with Gasteiger partial charge in [-0.25, -0.2) is 13.4 Å². The van der Waals surface area contributed by atoms with Crippen LogP contribution in [0.5, 0.6) is 0 Å². The molecule has 148 valence electrons. The van der Waals surface area contributed by atoms with Gasteiger partial charge in [0.25, 0.3) is 0 Å². The molecule has 1 fully saturated rings. The van der Waals surface area contributed by atoms with Gasteiger partial charge < -0.3 is 4.90 Å². The molecule has 0 N–H and O–H groups in total. The minimum atomic E-state index is -3.49. The van der Waals surface area contributed by atoms with Gasteiger partial charge in [-0.15, -0.1) is 22.7 Å². The Morgan fingerprint density at radius 2 is 1.79 bits per heavy atom. The van der Waals surface area contributed by atoms with Crippen LogP contribution < -0.4 is 4.90 Å². The van der Waals surface area contributed by atoms with Crippen molar-refractivity contribution in [2.24, 2.45) is 0 Å². The number of thiophene rings is 1. The molecule has 0 amide bonds. The molecule has 1 aliphatic heterocycles. The van der Waals surface area contributed by atoms with Gasteiger partial charge in [0, 0.05) is 42.1 Å². The van der Waals surface area contributed by atoms with Crippen molar-refractivity contribution in [2.45, 2.75) is 25.7 Å². The van der Waals surface area contributed by atoms with E-state index in [1.54, 1.807) is 21.7 Å². The lowest BCUT2D eigenvalue weighted by Crippen LogP contribution is -2.48. The highest BCUT2D eigenvalue weighted by molar-refractivity contribution is 7.89. The Bertz CT molecular complexity index is 1090. The predicted molar refractivity (Wildman–Crippen MR) is 117 cm³/mol. The first-order valence-corrected chi connectivity index (χ1v) is 12.3. The molecule has 0 atom stereocenters. The van der Waals surface area contributed by atoms with E-state index in [1.807, 2.05) is 25.3 Å². The van der Waals surface area contributed by atoms with Crippen molar-refractivity contribution in [3.63, 3.8) is 0 Å². The molecule has 8 heteroatoms. The van der Waals surface area contributed by atoms with Crippen molar-refractivity contribution in [3.8, 4) is 10.6 Å². The molecule has 3 aromatic rings. The fourth-order valence-electron chi connectivity index (χ4n) is 3.47. The number of piperazine rings is 1. The monoisotopic (exact) mass is 433 g/mol. The minimum absolute atomic E-state index is 0.419. The lowest BCUT2D eigenvalue weighted by molar-refractivity contribution is 0.385. The van der Waals surface area contributed by atoms with Crippen molar-refractivity contribution in [1.29, 1.82) is 0 Å². The van der Waals surface area contributed by atoms with Crippen LogP contribution >= 0.6 is 22.7 Å². The van der Waals surface area contributed by atoms with Gasteiger partial charge in [-0.05, 0) is 44.5 Å². The average Bonchev–Trinajstić information content (AvgIpc) is 3.28. The van der Waals surface area contributed by atoms with Gasteiger partial charge in [0.1, 0.15) is 0 Å². The number of rotatable bonds is 4. The van der Waals surface area contributed by atoms with Crippen LogP contribution in [-0.2, 0) is 10.0 Å². The molecule has 0 aliphatic carbocycles. The summed E-state index contributed by atoms with van der Waals surface area (Å²) >= 11 is 3.08. The Kier molecular flexibility index (Phi) is 5.30. The first-order valence-electron chi connectivity index (χ1n) is 9.19. The van der Waals surface area contributed by atoms with Crippen molar-refractivity contribution < 1.29 is 8.42 Å². The van der Waals surface area contributed by atoms with Gasteiger partial charge >= 0.3 is 0 Å². The summed E-state index contributed by atoms with van der Waals surface area (Å²) in [7, 11) is -3.49. The predicted octanol–water partition coefficient (Wildman–Crippen LogP) is 4.31. The van der Waals surface area contributed by atoms with Crippen LogP contribution in [0.2, 0.25) is 0 Å². The van der Waals surface area contributed by atoms with E-state index in [9.17, 15) is 8.42 Å². The van der Waals surface area contributed by atoms with E-state index in [1.165, 1.54) is 16.9 Å². The van der Waals surface area contributed by atoms with Crippen LogP contribution in [-0.4, -0.2) is 43.9 Å². The molecule has 0 unspecified atom stereocenters. The quantitative estimate of drug-likeness (QED) is 0.615. The number of hydrogen-bond donors (Lipinski definition) is 0. The van der Waals surface area contributed by atoms with E-state index >= 15 is 0 Å². The molecule has 0 radical (unpaired) electrons. The smallest absolute Gasteiger partial charge is 0.244 e. The zero-order chi connectivity index (χ0) is 19.9. The van der Waals surface area contributed by atoms with Gasteiger partial charge in [-0.2, -0.15) is 4.31 Å². The fourth-order valence-corrected chi connectivity index (χ4v) is 7.11. The summed E-state index contributed by atoms with van der Waals surface area (Å²) in [5.41, 5.74) is 3.23. The number of nitrogens with zero attached hydrogens (tertiary/aromatic N) is 3. The summed E-state index contributed by atoms with van der Waals surface area (Å²) in [6.07, 6.45) is 0. The van der Waals surface area contributed by atoms with Crippen LogP contribution in [0.15, 0.2) is 40.6 Å². The average molecular weight is 434 g/mol. The number of thiazole rings is 1. The van der Waals surface area contributed by atoms with E-state index in [-0.39, 0.29) is 0 Å². The molecule has 28 heavy (non-hydrogen) atoms. The summed E-state index contributed by atoms with van der Waals surface area (Å²) in [5.74, 6) is 0. The lowest BCUT2D eigenvalue weighted by Gasteiger charge is -2.35. The number of aryl methyl sites for hydroxylation is 3. The topological polar surface area (TPSA) is 53.5 Å². The molecule has 3 heterocycles. The van der Waals surface area contributed by atoms with Gasteiger partial charge in [0.15, 0.2) is 0 Å². The normalized spacial score (nSPS) is 15.9. The minimum Gasteiger partial charge on any atom is -0.369 e. The van der Waals surface area contributed by atoms with Crippen LogP contribution in [0.1, 0.15) is 15.4 Å². The van der Waals surface area contributed by atoms with E-state index in [4.69, 9.17) is 0 Å². The second-order valence-electron chi connectivity index (χ2n) is 7.01. The first-order chi connectivity index (χ1) is 13.3. The number of sulfonamides is 1. The third-order valence-electron chi connectivity index (χ3n) is 4.97. The van der Waals surface area contributed by atoms with Gasteiger partial charge in [0.2, 0.25) is 10.0 Å². The number of anilines is 1. The molecule has 0 spiro atoms. The molecule has 4 rings (SSSR count). The summed E-state index contributed by atoms with van der Waals surface area (Å²) in [5, 5.41) is 2.97. The summed E-state index contributed by atoms with van der Waals surface area (Å²) in [6, 6.07) is 10.1. The highest BCUT2D eigenvalue weighted by atomic mass is 32.2. The Labute approximate surface area is 174 Å². The maximum Gasteiger partial charge on any atom is 0.244 e. The van der Waals surface area contributed by atoms with Crippen molar-refractivity contribution in [3.05, 3.63) is 51.2 Å². The molecule has 0 bridgehead atoms. The molecule has 0 saturated carbocycles. The second-order valence-corrected chi connectivity index (χ2v) is 11.2. The fraction of sp³-hybridized carbons (Fsp3) is 0.350. The Morgan fingerprint density at radius 3 is 2.43 bits per heavy atom. The molecule has 1 aliphatic rings. The lowest BCUT2D eigenvalue weighted by atomic mass is 10.2. The third-order valence-corrected chi connectivity index (χ3v) is 8.97. The highest BCUT2D eigenvalue weighted by Crippen LogP contribution is 2.35. The van der Waals surface area contributed by atoms with E-state index < -0.39 is 10.0 Å². The molecular formula is C20H23N3O2S3. The number of hydrogen-bond acceptors (Lipinski definition) is 6. The van der Waals surface area contributed by atoms with Crippen LogP contribution in [0.3, 0.4) is 0 Å². The highest BCUT2D eigenvalue weighted by Gasteiger charge is 2.31. The molecule has 2 aromatic heterocycles. The van der Waals surface area contributed by atoms with E-state index in [2.05, 4.69) is 35.0 Å². The Balaban J connectivity index is 1.53. The van der Waals surface area contributed by atoms with Gasteiger partial charge in [-0.3, -0.25) is 0 Å². The van der Waals surface area contributed by atoms with Crippen molar-refractivity contribution in [2.75, 3.05) is 31.1 Å². The Hall–Kier alpha value is -1.74. The standard InChI is InChI=1S/C20H23N3O2S3/c1-14-5-4-6-17(11-14)22-7-9-23(10-8-22)28(24,25)20-12-19(27-15(20)2)18-13-26-16(3)21-18/h4-6,11-13H,7-10H2,1-3H3. The van der Waals surface area contributed by atoms with Crippen LogP contribution in [0.25, 0.3) is 10.6 Å². The largest absolute Gasteiger partial charge is 0.369 e. The zero-order valence-corrected chi connectivity index (χ0v) is 18.6. The zero-order valence-electron chi connectivity index (χ0n) is 16.2. The summed E-state index contributed by atoms with van der Waals surface area (Å²) in [6.45, 7) is 8.30. The number of benzene rings is 1. The number of aromatic nitrogens is 1. The van der Waals surface area contributed by atoms with Crippen LogP contribution in [0.4, 0.5) is 5.69 Å². The van der Waals surface area contributed by atoms with Crippen molar-refractivity contribution in [1.82, 2.24) is 9.29 Å². The second kappa shape index (κ2) is 7.59. The van der Waals surface area contributed by atoms with E-state index in [0.29, 0.717) is 31.1 Å². The molecule has 5 nitrogen and oxygen atoms in total. The molecular weight excluding hydrogens is 410 g/mol. The third kappa shape index (κ3) is 3.74. The molecule has 1 aromatic carbocycles.